The van der Waals surface area contributed by atoms with Crippen LogP contribution in [0.1, 0.15) is 48.0 Å². The molecule has 0 amide bonds. The highest BCUT2D eigenvalue weighted by atomic mass is 16.5. The molecule has 0 aromatic rings. The first-order chi connectivity index (χ1) is 7.16. The number of ether oxygens (including phenoxy) is 1. The van der Waals surface area contributed by atoms with Crippen LogP contribution in [0, 0.1) is 0 Å². The topological polar surface area (TPSA) is 9.23 Å². The third-order valence-electron chi connectivity index (χ3n) is 1.05. The predicted molar refractivity (Wildman–Crippen MR) is 72.0 cm³/mol. The van der Waals surface area contributed by atoms with Gasteiger partial charge >= 0.3 is 0 Å². The summed E-state index contributed by atoms with van der Waals surface area (Å²) in [6.45, 7) is 20.2. The van der Waals surface area contributed by atoms with Gasteiger partial charge in [-0.25, -0.2) is 0 Å². The Morgan fingerprint density at radius 3 is 1.87 bits per heavy atom. The maximum Gasteiger partial charge on any atom is 0.112 e. The fourth-order valence-electron chi connectivity index (χ4n) is 0.516. The minimum Gasteiger partial charge on any atom is -0.494 e. The maximum absolute atomic E-state index is 5.22. The van der Waals surface area contributed by atoms with Crippen molar-refractivity contribution in [2.45, 2.75) is 48.0 Å². The molecule has 0 bridgehead atoms. The Labute approximate surface area is 96.5 Å². The maximum atomic E-state index is 5.22. The van der Waals surface area contributed by atoms with Crippen LogP contribution in [0.15, 0.2) is 36.6 Å². The van der Waals surface area contributed by atoms with Crippen molar-refractivity contribution in [3.8, 4) is 0 Å². The largest absolute Gasteiger partial charge is 0.494 e. The van der Waals surface area contributed by atoms with Gasteiger partial charge in [0.1, 0.15) is 5.76 Å². The molecule has 0 aliphatic rings. The van der Waals surface area contributed by atoms with E-state index >= 15 is 0 Å². The third kappa shape index (κ3) is 24.6. The molecule has 0 aromatic carbocycles. The van der Waals surface area contributed by atoms with Crippen LogP contribution in [0.25, 0.3) is 0 Å². The summed E-state index contributed by atoms with van der Waals surface area (Å²) in [4.78, 5) is 0. The number of allylic oxidation sites excluding steroid dienone is 3. The highest BCUT2D eigenvalue weighted by Crippen LogP contribution is 1.99. The lowest BCUT2D eigenvalue weighted by atomic mass is 10.3. The van der Waals surface area contributed by atoms with Gasteiger partial charge in [0, 0.05) is 0 Å². The fraction of sp³-hybridized carbons (Fsp3) is 0.571. The Kier molecular flexibility index (Phi) is 24.4. The third-order valence-corrected chi connectivity index (χ3v) is 1.05. The summed E-state index contributed by atoms with van der Waals surface area (Å²) >= 11 is 0. The van der Waals surface area contributed by atoms with E-state index in [1.165, 1.54) is 0 Å². The van der Waals surface area contributed by atoms with Crippen molar-refractivity contribution in [3.05, 3.63) is 36.6 Å². The van der Waals surface area contributed by atoms with E-state index in [0.29, 0.717) is 5.76 Å². The normalized spacial score (nSPS) is 8.13. The minimum absolute atomic E-state index is 0.704. The van der Waals surface area contributed by atoms with E-state index in [-0.39, 0.29) is 0 Å². The number of hydrogen-bond donors (Lipinski definition) is 0. The lowest BCUT2D eigenvalue weighted by Crippen LogP contribution is -1.88. The molecule has 15 heavy (non-hydrogen) atoms. The summed E-state index contributed by atoms with van der Waals surface area (Å²) in [5.41, 5.74) is 1.01. The first-order valence-corrected chi connectivity index (χ1v) is 5.82. The Hall–Kier alpha value is -0.980. The van der Waals surface area contributed by atoms with Crippen molar-refractivity contribution in [2.24, 2.45) is 0 Å². The molecule has 0 N–H and O–H groups in total. The van der Waals surface area contributed by atoms with Crippen molar-refractivity contribution in [1.82, 2.24) is 0 Å². The second-order valence-electron chi connectivity index (χ2n) is 2.49. The first-order valence-electron chi connectivity index (χ1n) is 5.82. The quantitative estimate of drug-likeness (QED) is 0.454. The smallest absolute Gasteiger partial charge is 0.112 e. The van der Waals surface area contributed by atoms with Crippen molar-refractivity contribution < 1.29 is 4.74 Å². The van der Waals surface area contributed by atoms with E-state index < -0.39 is 0 Å². The summed E-state index contributed by atoms with van der Waals surface area (Å²) in [7, 11) is 0. The van der Waals surface area contributed by atoms with E-state index in [0.717, 1.165) is 18.6 Å². The molecule has 0 heterocycles. The van der Waals surface area contributed by atoms with Gasteiger partial charge in [0.05, 0.1) is 6.61 Å². The van der Waals surface area contributed by atoms with E-state index in [4.69, 9.17) is 4.74 Å². The molecule has 0 rings (SSSR count). The van der Waals surface area contributed by atoms with Gasteiger partial charge in [-0.15, -0.1) is 0 Å². The summed E-state index contributed by atoms with van der Waals surface area (Å²) in [5, 5.41) is 0. The molecule has 0 radical (unpaired) electrons. The zero-order valence-corrected chi connectivity index (χ0v) is 11.4. The molecule has 0 aliphatic carbocycles. The minimum atomic E-state index is 0.704. The van der Waals surface area contributed by atoms with Crippen LogP contribution in [-0.2, 0) is 4.74 Å². The van der Waals surface area contributed by atoms with Crippen molar-refractivity contribution in [3.63, 3.8) is 0 Å². The van der Waals surface area contributed by atoms with Gasteiger partial charge in [-0.2, -0.15) is 0 Å². The molecule has 1 heteroatoms. The Morgan fingerprint density at radius 1 is 1.07 bits per heavy atom. The average molecular weight is 212 g/mol. The van der Waals surface area contributed by atoms with Crippen LogP contribution in [0.5, 0.6) is 0 Å². The van der Waals surface area contributed by atoms with E-state index in [1.807, 2.05) is 46.8 Å². The first kappa shape index (κ1) is 19.6. The van der Waals surface area contributed by atoms with Crippen LogP contribution in [0.2, 0.25) is 0 Å². The van der Waals surface area contributed by atoms with Crippen LogP contribution in [-0.4, -0.2) is 6.61 Å². The number of hydrogen-bond acceptors (Lipinski definition) is 1. The molecule has 1 nitrogen and oxygen atoms in total. The van der Waals surface area contributed by atoms with Crippen LogP contribution in [0.4, 0.5) is 0 Å². The highest BCUT2D eigenvalue weighted by molar-refractivity contribution is 5.19. The molecule has 0 saturated carbocycles. The Balaban J connectivity index is -0.000000318. The molecule has 0 atom stereocenters. The molecular weight excluding hydrogens is 184 g/mol. The van der Waals surface area contributed by atoms with Crippen molar-refractivity contribution in [1.29, 1.82) is 0 Å². The van der Waals surface area contributed by atoms with Crippen molar-refractivity contribution >= 4 is 0 Å². The van der Waals surface area contributed by atoms with Gasteiger partial charge in [-0.3, -0.25) is 0 Å². The second-order valence-corrected chi connectivity index (χ2v) is 2.49. The molecule has 0 saturated heterocycles. The van der Waals surface area contributed by atoms with Crippen molar-refractivity contribution in [2.75, 3.05) is 6.61 Å². The zero-order chi connectivity index (χ0) is 12.7. The molecule has 0 aliphatic heterocycles. The Bertz CT molecular complexity index is 166. The molecule has 0 fully saturated rings. The summed E-state index contributed by atoms with van der Waals surface area (Å²) in [6.07, 6.45) is 4.73. The van der Waals surface area contributed by atoms with Gasteiger partial charge in [0.25, 0.3) is 0 Å². The molecule has 0 aromatic heterocycles. The van der Waals surface area contributed by atoms with E-state index in [1.54, 1.807) is 0 Å². The molecule has 90 valence electrons. The lowest BCUT2D eigenvalue weighted by Gasteiger charge is -2.01. The average Bonchev–Trinajstić information content (AvgIpc) is 2.29. The molecule has 0 unspecified atom stereocenters. The van der Waals surface area contributed by atoms with Crippen LogP contribution < -0.4 is 0 Å². The summed E-state index contributed by atoms with van der Waals surface area (Å²) < 4.78 is 5.22. The molecular formula is C14H28O. The number of rotatable bonds is 5. The van der Waals surface area contributed by atoms with E-state index in [9.17, 15) is 0 Å². The van der Waals surface area contributed by atoms with Gasteiger partial charge in [0.15, 0.2) is 0 Å². The summed E-state index contributed by atoms with van der Waals surface area (Å²) in [5.74, 6) is 0.704. The van der Waals surface area contributed by atoms with Gasteiger partial charge in [0.2, 0.25) is 0 Å². The Morgan fingerprint density at radius 2 is 1.53 bits per heavy atom. The fourth-order valence-corrected chi connectivity index (χ4v) is 0.516. The lowest BCUT2D eigenvalue weighted by molar-refractivity contribution is 0.226. The van der Waals surface area contributed by atoms with Gasteiger partial charge in [-0.1, -0.05) is 59.4 Å². The molecule has 0 spiro atoms. The predicted octanol–water partition coefficient (Wildman–Crippen LogP) is 5.11. The van der Waals surface area contributed by atoms with Gasteiger partial charge < -0.3 is 4.74 Å². The zero-order valence-electron chi connectivity index (χ0n) is 11.4. The summed E-state index contributed by atoms with van der Waals surface area (Å²) in [6, 6.07) is 0. The van der Waals surface area contributed by atoms with Gasteiger partial charge in [-0.05, 0) is 19.4 Å². The highest BCUT2D eigenvalue weighted by Gasteiger charge is 1.85. The van der Waals surface area contributed by atoms with E-state index in [2.05, 4.69) is 20.1 Å². The standard InChI is InChI=1S/C10H16O.2C2H6/c1-5-8-11-10(4)7-6-9(2)3;2*1-2/h6-7H,2,4-5,8H2,1,3H3;2*1-2H3/b7-6-;;. The monoisotopic (exact) mass is 212 g/mol. The van der Waals surface area contributed by atoms with Crippen LogP contribution >= 0.6 is 0 Å². The van der Waals surface area contributed by atoms with Crippen LogP contribution in [0.3, 0.4) is 0 Å². The second kappa shape index (κ2) is 18.7. The SMILES string of the molecule is C=C(C)/C=C\C(=C)OCCC.CC.CC.